The monoisotopic (exact) mass is 391 g/mol. The van der Waals surface area contributed by atoms with Crippen LogP contribution in [0.2, 0.25) is 0 Å². The van der Waals surface area contributed by atoms with E-state index in [0.717, 1.165) is 36.3 Å². The smallest absolute Gasteiger partial charge is 0.338 e. The van der Waals surface area contributed by atoms with Crippen LogP contribution >= 0.6 is 0 Å². The molecule has 4 aliphatic carbocycles. The highest BCUT2D eigenvalue weighted by Gasteiger charge is 2.54. The molecule has 4 bridgehead atoms. The van der Waals surface area contributed by atoms with Gasteiger partial charge in [-0.05, 0) is 107 Å². The molecular formula is C25H29NO3. The Hall–Kier alpha value is -2.36. The topological polar surface area (TPSA) is 48.3 Å². The molecule has 0 spiro atoms. The number of aryl methyl sites for hydroxylation is 2. The Morgan fingerprint density at radius 2 is 1.41 bits per heavy atom. The van der Waals surface area contributed by atoms with Gasteiger partial charge in [0, 0.05) is 22.5 Å². The van der Waals surface area contributed by atoms with Gasteiger partial charge < -0.3 is 9.30 Å². The van der Waals surface area contributed by atoms with Crippen LogP contribution in [0.5, 0.6) is 0 Å². The zero-order chi connectivity index (χ0) is 20.2. The van der Waals surface area contributed by atoms with Gasteiger partial charge in [-0.2, -0.15) is 0 Å². The number of hydrogen-bond acceptors (Lipinski definition) is 3. The standard InChI is InChI=1S/C25H29NO3/c1-16-3-4-17(2)26(16)22-7-5-21(6-8-22)24(28)29-15-23(27)25-12-18-9-19(13-25)11-20(10-18)14-25/h3-8,18-20H,9-15H2,1-2H3. The van der Waals surface area contributed by atoms with E-state index in [9.17, 15) is 9.59 Å². The van der Waals surface area contributed by atoms with E-state index in [1.54, 1.807) is 12.1 Å². The van der Waals surface area contributed by atoms with Crippen molar-refractivity contribution in [3.05, 3.63) is 53.3 Å². The number of esters is 1. The number of carbonyl (C=O) groups is 2. The Morgan fingerprint density at radius 3 is 1.93 bits per heavy atom. The van der Waals surface area contributed by atoms with E-state index < -0.39 is 5.97 Å². The number of hydrogen-bond donors (Lipinski definition) is 0. The fourth-order valence-electron chi connectivity index (χ4n) is 6.64. The molecule has 4 heteroatoms. The number of ketones is 1. The molecule has 4 fully saturated rings. The lowest BCUT2D eigenvalue weighted by Gasteiger charge is -2.55. The molecule has 0 N–H and O–H groups in total. The van der Waals surface area contributed by atoms with E-state index >= 15 is 0 Å². The van der Waals surface area contributed by atoms with Gasteiger partial charge in [-0.3, -0.25) is 4.79 Å². The largest absolute Gasteiger partial charge is 0.454 e. The van der Waals surface area contributed by atoms with Crippen molar-refractivity contribution < 1.29 is 14.3 Å². The van der Waals surface area contributed by atoms with E-state index in [4.69, 9.17) is 4.74 Å². The first-order chi connectivity index (χ1) is 13.9. The van der Waals surface area contributed by atoms with Crippen molar-refractivity contribution in [1.82, 2.24) is 4.57 Å². The van der Waals surface area contributed by atoms with Gasteiger partial charge in [0.2, 0.25) is 0 Å². The molecule has 0 unspecified atom stereocenters. The van der Waals surface area contributed by atoms with Crippen molar-refractivity contribution in [3.63, 3.8) is 0 Å². The molecule has 0 radical (unpaired) electrons. The first kappa shape index (κ1) is 18.7. The van der Waals surface area contributed by atoms with Crippen LogP contribution in [0.15, 0.2) is 36.4 Å². The number of nitrogens with zero attached hydrogens (tertiary/aromatic N) is 1. The highest BCUT2D eigenvalue weighted by Crippen LogP contribution is 2.60. The van der Waals surface area contributed by atoms with Gasteiger partial charge in [0.05, 0.1) is 5.56 Å². The maximum absolute atomic E-state index is 13.0. The Morgan fingerprint density at radius 1 is 0.897 bits per heavy atom. The summed E-state index contributed by atoms with van der Waals surface area (Å²) in [7, 11) is 0. The molecule has 6 rings (SSSR count). The molecule has 0 amide bonds. The quantitative estimate of drug-likeness (QED) is 0.671. The molecule has 4 aliphatic rings. The molecule has 0 saturated heterocycles. The summed E-state index contributed by atoms with van der Waals surface area (Å²) in [6.45, 7) is 4.04. The van der Waals surface area contributed by atoms with Crippen molar-refractivity contribution in [2.24, 2.45) is 23.2 Å². The van der Waals surface area contributed by atoms with Crippen LogP contribution in [0.3, 0.4) is 0 Å². The third kappa shape index (κ3) is 3.23. The second-order valence-electron chi connectivity index (χ2n) is 9.70. The first-order valence-corrected chi connectivity index (χ1v) is 10.9. The molecular weight excluding hydrogens is 362 g/mol. The van der Waals surface area contributed by atoms with Gasteiger partial charge in [0.1, 0.15) is 0 Å². The predicted octanol–water partition coefficient (Wildman–Crippen LogP) is 5.04. The van der Waals surface area contributed by atoms with Crippen molar-refractivity contribution in [1.29, 1.82) is 0 Å². The van der Waals surface area contributed by atoms with Crippen LogP contribution in [0.25, 0.3) is 5.69 Å². The van der Waals surface area contributed by atoms with E-state index in [0.29, 0.717) is 23.3 Å². The second kappa shape index (κ2) is 6.86. The lowest BCUT2D eigenvalue weighted by molar-refractivity contribution is -0.147. The van der Waals surface area contributed by atoms with Gasteiger partial charge in [-0.25, -0.2) is 4.79 Å². The molecule has 152 valence electrons. The molecule has 1 aromatic carbocycles. The number of aromatic nitrogens is 1. The third-order valence-electron chi connectivity index (χ3n) is 7.60. The number of rotatable bonds is 5. The highest BCUT2D eigenvalue weighted by molar-refractivity contribution is 5.93. The van der Waals surface area contributed by atoms with Crippen LogP contribution in [0.4, 0.5) is 0 Å². The Labute approximate surface area is 172 Å². The maximum Gasteiger partial charge on any atom is 0.338 e. The molecule has 4 saturated carbocycles. The molecule has 1 heterocycles. The fourth-order valence-corrected chi connectivity index (χ4v) is 6.64. The van der Waals surface area contributed by atoms with Gasteiger partial charge >= 0.3 is 5.97 Å². The van der Waals surface area contributed by atoms with Gasteiger partial charge in [-0.15, -0.1) is 0 Å². The summed E-state index contributed by atoms with van der Waals surface area (Å²) in [4.78, 5) is 25.6. The minimum Gasteiger partial charge on any atom is -0.454 e. The van der Waals surface area contributed by atoms with Crippen molar-refractivity contribution >= 4 is 11.8 Å². The van der Waals surface area contributed by atoms with Crippen molar-refractivity contribution in [3.8, 4) is 5.69 Å². The number of benzene rings is 1. The van der Waals surface area contributed by atoms with E-state index in [1.807, 2.05) is 12.1 Å². The van der Waals surface area contributed by atoms with Gasteiger partial charge in [0.25, 0.3) is 0 Å². The van der Waals surface area contributed by atoms with E-state index in [2.05, 4.69) is 30.5 Å². The minimum atomic E-state index is -0.407. The molecule has 4 nitrogen and oxygen atoms in total. The second-order valence-corrected chi connectivity index (χ2v) is 9.70. The van der Waals surface area contributed by atoms with Crippen LogP contribution in [-0.4, -0.2) is 22.9 Å². The Balaban J connectivity index is 1.24. The number of Topliss-reactive ketones (excluding diaryl/α,β-unsaturated/α-hetero) is 1. The molecule has 2 aromatic rings. The van der Waals surface area contributed by atoms with Crippen molar-refractivity contribution in [2.45, 2.75) is 52.4 Å². The van der Waals surface area contributed by atoms with Crippen LogP contribution in [0, 0.1) is 37.0 Å². The summed E-state index contributed by atoms with van der Waals surface area (Å²) >= 11 is 0. The molecule has 1 aromatic heterocycles. The zero-order valence-electron chi connectivity index (χ0n) is 17.3. The average molecular weight is 392 g/mol. The lowest BCUT2D eigenvalue weighted by atomic mass is 9.48. The number of carbonyl (C=O) groups excluding carboxylic acids is 2. The summed E-state index contributed by atoms with van der Waals surface area (Å²) in [5.41, 5.74) is 3.61. The van der Waals surface area contributed by atoms with E-state index in [-0.39, 0.29) is 17.8 Å². The predicted molar refractivity (Wildman–Crippen MR) is 111 cm³/mol. The zero-order valence-corrected chi connectivity index (χ0v) is 17.3. The number of ether oxygens (including phenoxy) is 1. The maximum atomic E-state index is 13.0. The molecule has 29 heavy (non-hydrogen) atoms. The average Bonchev–Trinajstić information content (AvgIpc) is 3.03. The van der Waals surface area contributed by atoms with E-state index in [1.165, 1.54) is 19.3 Å². The summed E-state index contributed by atoms with van der Waals surface area (Å²) in [5.74, 6) is 1.90. The van der Waals surface area contributed by atoms with Crippen LogP contribution in [0.1, 0.15) is 60.3 Å². The van der Waals surface area contributed by atoms with Gasteiger partial charge in [0.15, 0.2) is 12.4 Å². The highest BCUT2D eigenvalue weighted by atomic mass is 16.5. The summed E-state index contributed by atoms with van der Waals surface area (Å²) in [6, 6.07) is 11.6. The Bertz CT molecular complexity index is 898. The lowest BCUT2D eigenvalue weighted by Crippen LogP contribution is -2.51. The normalized spacial score (nSPS) is 29.8. The summed E-state index contributed by atoms with van der Waals surface area (Å²) < 4.78 is 7.61. The van der Waals surface area contributed by atoms with Crippen molar-refractivity contribution in [2.75, 3.05) is 6.61 Å². The van der Waals surface area contributed by atoms with Crippen LogP contribution in [-0.2, 0) is 9.53 Å². The Kier molecular flexibility index (Phi) is 4.41. The minimum absolute atomic E-state index is 0.0808. The van der Waals surface area contributed by atoms with Crippen LogP contribution < -0.4 is 0 Å². The first-order valence-electron chi connectivity index (χ1n) is 10.9. The SMILES string of the molecule is Cc1ccc(C)n1-c1ccc(C(=O)OCC(=O)C23CC4CC(CC(C4)C2)C3)cc1. The fraction of sp³-hybridized carbons (Fsp3) is 0.520. The van der Waals surface area contributed by atoms with Gasteiger partial charge in [-0.1, -0.05) is 0 Å². The molecule has 0 atom stereocenters. The summed E-state index contributed by atoms with van der Waals surface area (Å²) in [5, 5.41) is 0. The molecule has 0 aliphatic heterocycles. The summed E-state index contributed by atoms with van der Waals surface area (Å²) in [6.07, 6.45) is 6.95. The third-order valence-corrected chi connectivity index (χ3v) is 7.60.